The third-order valence-electron chi connectivity index (χ3n) is 5.56. The van der Waals surface area contributed by atoms with E-state index in [1.807, 2.05) is 6.92 Å². The van der Waals surface area contributed by atoms with Gasteiger partial charge in [0, 0.05) is 6.54 Å². The maximum atomic E-state index is 13.6. The lowest BCUT2D eigenvalue weighted by atomic mass is 9.89. The highest BCUT2D eigenvalue weighted by Crippen LogP contribution is 2.35. The molecule has 10 heteroatoms. The highest BCUT2D eigenvalue weighted by Gasteiger charge is 2.34. The average Bonchev–Trinajstić information content (AvgIpc) is 2.75. The molecule has 2 atom stereocenters. The number of aromatic nitrogens is 1. The Labute approximate surface area is 209 Å². The van der Waals surface area contributed by atoms with Crippen molar-refractivity contribution in [2.45, 2.75) is 59.1 Å². The Kier molecular flexibility index (Phi) is 8.00. The second-order valence-electron chi connectivity index (χ2n) is 9.80. The molecule has 8 nitrogen and oxygen atoms in total. The van der Waals surface area contributed by atoms with Crippen LogP contribution in [-0.4, -0.2) is 39.9 Å². The number of carbonyl (C=O) groups is 3. The number of pyridine rings is 1. The van der Waals surface area contributed by atoms with Crippen molar-refractivity contribution in [1.29, 1.82) is 0 Å². The molecule has 0 bridgehead atoms. The van der Waals surface area contributed by atoms with E-state index in [0.29, 0.717) is 29.8 Å². The fourth-order valence-electron chi connectivity index (χ4n) is 3.93. The number of hydrogen-bond acceptors (Lipinski definition) is 5. The van der Waals surface area contributed by atoms with Crippen LogP contribution in [0.15, 0.2) is 30.5 Å². The molecule has 2 unspecified atom stereocenters. The van der Waals surface area contributed by atoms with E-state index >= 15 is 0 Å². The summed E-state index contributed by atoms with van der Waals surface area (Å²) in [4.78, 5) is 43.6. The molecule has 3 amide bonds. The van der Waals surface area contributed by atoms with Gasteiger partial charge in [-0.3, -0.25) is 14.9 Å². The summed E-state index contributed by atoms with van der Waals surface area (Å²) in [6.07, 6.45) is 2.20. The van der Waals surface area contributed by atoms with Crippen molar-refractivity contribution in [2.75, 3.05) is 17.2 Å². The number of nitrogens with zero attached hydrogens (tertiary/aromatic N) is 2. The van der Waals surface area contributed by atoms with E-state index < -0.39 is 29.3 Å². The number of nitrogens with one attached hydrogen (secondary N) is 2. The number of benzene rings is 1. The van der Waals surface area contributed by atoms with E-state index in [9.17, 15) is 18.8 Å². The van der Waals surface area contributed by atoms with Gasteiger partial charge in [0.1, 0.15) is 17.2 Å². The van der Waals surface area contributed by atoms with Gasteiger partial charge in [-0.25, -0.2) is 14.2 Å². The molecule has 1 saturated heterocycles. The van der Waals surface area contributed by atoms with Gasteiger partial charge in [-0.1, -0.05) is 24.6 Å². The van der Waals surface area contributed by atoms with E-state index in [0.717, 1.165) is 6.42 Å². The lowest BCUT2D eigenvalue weighted by molar-refractivity contribution is -0.146. The molecule has 2 aromatic rings. The molecule has 1 aromatic carbocycles. The highest BCUT2D eigenvalue weighted by atomic mass is 35.5. The minimum absolute atomic E-state index is 0.0281. The SMILES string of the molecule is Cc1cc(NC(=O)C(=O)N2CC(C)CCC2c2ccc(F)c(Cl)c2)cnc1NC(=O)OC(C)(C)C. The number of likely N-dealkylation sites (tertiary alicyclic amines) is 1. The smallest absolute Gasteiger partial charge is 0.413 e. The summed E-state index contributed by atoms with van der Waals surface area (Å²) >= 11 is 5.95. The summed E-state index contributed by atoms with van der Waals surface area (Å²) < 4.78 is 18.9. The predicted octanol–water partition coefficient (Wildman–Crippen LogP) is 5.47. The predicted molar refractivity (Wildman–Crippen MR) is 132 cm³/mol. The van der Waals surface area contributed by atoms with Crippen LogP contribution in [0.2, 0.25) is 5.02 Å². The van der Waals surface area contributed by atoms with E-state index in [-0.39, 0.29) is 22.8 Å². The van der Waals surface area contributed by atoms with Gasteiger partial charge in [-0.2, -0.15) is 0 Å². The third-order valence-corrected chi connectivity index (χ3v) is 5.85. The van der Waals surface area contributed by atoms with E-state index in [1.54, 1.807) is 39.8 Å². The summed E-state index contributed by atoms with van der Waals surface area (Å²) in [5.41, 5.74) is 0.906. The number of aryl methyl sites for hydroxylation is 1. The topological polar surface area (TPSA) is 101 Å². The van der Waals surface area contributed by atoms with Crippen LogP contribution in [-0.2, 0) is 14.3 Å². The van der Waals surface area contributed by atoms with Crippen molar-refractivity contribution in [1.82, 2.24) is 9.88 Å². The molecule has 188 valence electrons. The molecule has 1 fully saturated rings. The van der Waals surface area contributed by atoms with Gasteiger partial charge in [0.25, 0.3) is 0 Å². The van der Waals surface area contributed by atoms with Crippen molar-refractivity contribution in [2.24, 2.45) is 5.92 Å². The van der Waals surface area contributed by atoms with Crippen molar-refractivity contribution in [3.8, 4) is 0 Å². The average molecular weight is 505 g/mol. The van der Waals surface area contributed by atoms with Gasteiger partial charge in [0.05, 0.1) is 22.9 Å². The molecule has 3 rings (SSSR count). The fraction of sp³-hybridized carbons (Fsp3) is 0.440. The molecule has 1 aliphatic heterocycles. The number of piperidine rings is 1. The Morgan fingerprint density at radius 3 is 2.51 bits per heavy atom. The first kappa shape index (κ1) is 26.4. The number of rotatable bonds is 3. The maximum Gasteiger partial charge on any atom is 0.413 e. The molecule has 0 radical (unpaired) electrons. The Hall–Kier alpha value is -3.20. The lowest BCUT2D eigenvalue weighted by Crippen LogP contribution is -2.46. The monoisotopic (exact) mass is 504 g/mol. The quantitative estimate of drug-likeness (QED) is 0.540. The Bertz CT molecular complexity index is 1130. The molecule has 0 aliphatic carbocycles. The molecule has 2 N–H and O–H groups in total. The van der Waals surface area contributed by atoms with Crippen LogP contribution < -0.4 is 10.6 Å². The molecular weight excluding hydrogens is 475 g/mol. The Morgan fingerprint density at radius 2 is 1.89 bits per heavy atom. The van der Waals surface area contributed by atoms with Crippen molar-refractivity contribution in [3.05, 3.63) is 52.4 Å². The largest absolute Gasteiger partial charge is 0.444 e. The number of hydrogen-bond donors (Lipinski definition) is 2. The van der Waals surface area contributed by atoms with E-state index in [2.05, 4.69) is 15.6 Å². The van der Waals surface area contributed by atoms with Crippen LogP contribution in [0.1, 0.15) is 57.7 Å². The first-order valence-electron chi connectivity index (χ1n) is 11.4. The molecule has 0 saturated carbocycles. The number of halogens is 2. The van der Waals surface area contributed by atoms with Crippen LogP contribution in [0.25, 0.3) is 0 Å². The summed E-state index contributed by atoms with van der Waals surface area (Å²) in [6, 6.07) is 5.56. The second kappa shape index (κ2) is 10.6. The fourth-order valence-corrected chi connectivity index (χ4v) is 4.12. The highest BCUT2D eigenvalue weighted by molar-refractivity contribution is 6.39. The zero-order valence-electron chi connectivity index (χ0n) is 20.4. The van der Waals surface area contributed by atoms with Crippen LogP contribution in [0.5, 0.6) is 0 Å². The molecule has 1 aromatic heterocycles. The standard InChI is InChI=1S/C25H30ClFN4O4/c1-14-6-9-20(16-7-8-19(27)18(26)11-16)31(13-14)23(33)22(32)29-17-10-15(2)21(28-12-17)30-24(34)35-25(3,4)5/h7-8,10-12,14,20H,6,9,13H2,1-5H3,(H,29,32)(H,28,30,34). The van der Waals surface area contributed by atoms with Crippen LogP contribution in [0.4, 0.5) is 20.7 Å². The van der Waals surface area contributed by atoms with Crippen LogP contribution >= 0.6 is 11.6 Å². The van der Waals surface area contributed by atoms with Crippen molar-refractivity contribution >= 4 is 41.0 Å². The van der Waals surface area contributed by atoms with E-state index in [4.69, 9.17) is 16.3 Å². The second-order valence-corrected chi connectivity index (χ2v) is 10.2. The molecular formula is C25H30ClFN4O4. The van der Waals surface area contributed by atoms with Crippen LogP contribution in [0.3, 0.4) is 0 Å². The Morgan fingerprint density at radius 1 is 1.17 bits per heavy atom. The zero-order valence-corrected chi connectivity index (χ0v) is 21.2. The van der Waals surface area contributed by atoms with Crippen molar-refractivity contribution < 1.29 is 23.5 Å². The zero-order chi connectivity index (χ0) is 25.9. The van der Waals surface area contributed by atoms with Gasteiger partial charge in [-0.05, 0) is 75.8 Å². The lowest BCUT2D eigenvalue weighted by Gasteiger charge is -2.38. The number of carbonyl (C=O) groups excluding carboxylic acids is 3. The third kappa shape index (κ3) is 6.91. The summed E-state index contributed by atoms with van der Waals surface area (Å²) in [5, 5.41) is 5.12. The maximum absolute atomic E-state index is 13.6. The van der Waals surface area contributed by atoms with Gasteiger partial charge >= 0.3 is 17.9 Å². The number of amides is 3. The molecule has 0 spiro atoms. The minimum atomic E-state index is -0.814. The van der Waals surface area contributed by atoms with Gasteiger partial charge in [0.2, 0.25) is 0 Å². The summed E-state index contributed by atoms with van der Waals surface area (Å²) in [7, 11) is 0. The Balaban J connectivity index is 1.72. The first-order chi connectivity index (χ1) is 16.3. The van der Waals surface area contributed by atoms with Gasteiger partial charge in [-0.15, -0.1) is 0 Å². The summed E-state index contributed by atoms with van der Waals surface area (Å²) in [6.45, 7) is 9.36. The van der Waals surface area contributed by atoms with Crippen molar-refractivity contribution in [3.63, 3.8) is 0 Å². The number of anilines is 2. The minimum Gasteiger partial charge on any atom is -0.444 e. The first-order valence-corrected chi connectivity index (χ1v) is 11.8. The van der Waals surface area contributed by atoms with E-state index in [1.165, 1.54) is 23.2 Å². The van der Waals surface area contributed by atoms with Gasteiger partial charge < -0.3 is 15.0 Å². The van der Waals surface area contributed by atoms with Gasteiger partial charge in [0.15, 0.2) is 0 Å². The molecule has 1 aliphatic rings. The summed E-state index contributed by atoms with van der Waals surface area (Å²) in [5.74, 6) is -1.56. The number of ether oxygens (including phenoxy) is 1. The normalized spacial score (nSPS) is 18.1. The molecule has 2 heterocycles. The van der Waals surface area contributed by atoms with Crippen LogP contribution in [0, 0.1) is 18.7 Å². The molecule has 35 heavy (non-hydrogen) atoms.